The van der Waals surface area contributed by atoms with Crippen LogP contribution in [0.2, 0.25) is 0 Å². The quantitative estimate of drug-likeness (QED) is 0.0248. The number of guanidine groups is 4. The summed E-state index contributed by atoms with van der Waals surface area (Å²) in [6, 6.07) is 42.0. The molecule has 4 aromatic carbocycles. The first-order valence-electron chi connectivity index (χ1n) is 20.8. The van der Waals surface area contributed by atoms with Crippen molar-refractivity contribution in [1.29, 1.82) is 0 Å². The molecule has 0 aliphatic carbocycles. The summed E-state index contributed by atoms with van der Waals surface area (Å²) in [6.45, 7) is 6.19. The lowest BCUT2D eigenvalue weighted by Crippen LogP contribution is -2.42. The number of aliphatic imine (C=N–C) groups is 4. The lowest BCUT2D eigenvalue weighted by Gasteiger charge is -2.17. The van der Waals surface area contributed by atoms with Gasteiger partial charge in [0.05, 0.1) is 0 Å². The number of nitrogens with zero attached hydrogens (tertiary/aromatic N) is 4. The van der Waals surface area contributed by atoms with Crippen LogP contribution in [0.1, 0.15) is 85.5 Å². The highest BCUT2D eigenvalue weighted by atomic mass is 15.2. The number of hydrogen-bond acceptors (Lipinski definition) is 6. The van der Waals surface area contributed by atoms with Gasteiger partial charge in [-0.15, -0.1) is 0 Å². The number of nitrogens with one attached hydrogen (secondary N) is 4. The molecule has 4 aromatic rings. The summed E-state index contributed by atoms with van der Waals surface area (Å²) in [5.74, 6) is 1.65. The van der Waals surface area contributed by atoms with E-state index < -0.39 is 0 Å². The highest BCUT2D eigenvalue weighted by molar-refractivity contribution is 5.97. The van der Waals surface area contributed by atoms with Crippen molar-refractivity contribution in [3.63, 3.8) is 0 Å². The molecule has 310 valence electrons. The van der Waals surface area contributed by atoms with E-state index in [9.17, 15) is 0 Å². The molecule has 0 bridgehead atoms. The molecular formula is C46H66N12. The van der Waals surface area contributed by atoms with E-state index in [0.29, 0.717) is 38.1 Å². The molecule has 0 heterocycles. The fourth-order valence-electron chi connectivity index (χ4n) is 6.75. The third-order valence-corrected chi connectivity index (χ3v) is 9.76. The van der Waals surface area contributed by atoms with Crippen LogP contribution in [0.4, 0.5) is 0 Å². The van der Waals surface area contributed by atoms with Crippen molar-refractivity contribution in [2.75, 3.05) is 52.4 Å². The van der Waals surface area contributed by atoms with Crippen LogP contribution in [0, 0.1) is 0 Å². The number of hydrogen-bond donors (Lipinski definition) is 8. The molecule has 0 saturated heterocycles. The first-order chi connectivity index (χ1) is 28.5. The number of unbranched alkanes of at least 4 members (excludes halogenated alkanes) is 3. The normalized spacial score (nSPS) is 12.7. The average Bonchev–Trinajstić information content (AvgIpc) is 3.25. The first kappa shape index (κ1) is 45.0. The monoisotopic (exact) mass is 787 g/mol. The summed E-state index contributed by atoms with van der Waals surface area (Å²) in [4.78, 5) is 17.8. The van der Waals surface area contributed by atoms with E-state index in [1.165, 1.54) is 35.1 Å². The number of nitrogens with two attached hydrogens (primary N) is 4. The van der Waals surface area contributed by atoms with Crippen molar-refractivity contribution in [3.8, 4) is 0 Å². The average molecular weight is 787 g/mol. The predicted octanol–water partition coefficient (Wildman–Crippen LogP) is 5.39. The predicted molar refractivity (Wildman–Crippen MR) is 244 cm³/mol. The zero-order valence-corrected chi connectivity index (χ0v) is 34.1. The van der Waals surface area contributed by atoms with Gasteiger partial charge in [0.15, 0.2) is 23.8 Å². The van der Waals surface area contributed by atoms with Crippen LogP contribution in [0.3, 0.4) is 0 Å². The summed E-state index contributed by atoms with van der Waals surface area (Å²) >= 11 is 0. The number of rotatable bonds is 25. The van der Waals surface area contributed by atoms with Gasteiger partial charge in [0, 0.05) is 38.0 Å². The second kappa shape index (κ2) is 27.8. The minimum atomic E-state index is 0.246. The molecule has 0 unspecified atom stereocenters. The van der Waals surface area contributed by atoms with Crippen LogP contribution in [0.25, 0.3) is 0 Å². The van der Waals surface area contributed by atoms with E-state index >= 15 is 0 Å². The van der Waals surface area contributed by atoms with Gasteiger partial charge in [0.2, 0.25) is 0 Å². The van der Waals surface area contributed by atoms with E-state index in [0.717, 1.165) is 64.7 Å². The molecule has 0 aliphatic heterocycles. The summed E-state index contributed by atoms with van der Waals surface area (Å²) in [5, 5.41) is 12.8. The van der Waals surface area contributed by atoms with Crippen LogP contribution >= 0.6 is 0 Å². The van der Waals surface area contributed by atoms with Crippen LogP contribution in [0.15, 0.2) is 141 Å². The summed E-state index contributed by atoms with van der Waals surface area (Å²) < 4.78 is 0. The van der Waals surface area contributed by atoms with Crippen molar-refractivity contribution in [3.05, 3.63) is 144 Å². The molecule has 0 fully saturated rings. The molecule has 0 aromatic heterocycles. The Kier molecular flexibility index (Phi) is 21.6. The minimum absolute atomic E-state index is 0.246. The summed E-state index contributed by atoms with van der Waals surface area (Å²) in [5.41, 5.74) is 29.4. The van der Waals surface area contributed by atoms with Crippen LogP contribution in [-0.2, 0) is 0 Å². The van der Waals surface area contributed by atoms with Gasteiger partial charge in [0.1, 0.15) is 0 Å². The van der Waals surface area contributed by atoms with Gasteiger partial charge < -0.3 is 33.6 Å². The molecule has 0 radical (unpaired) electrons. The van der Waals surface area contributed by atoms with Gasteiger partial charge in [-0.3, -0.25) is 30.6 Å². The second-order valence-electron chi connectivity index (χ2n) is 14.3. The Labute approximate surface area is 346 Å². The van der Waals surface area contributed by atoms with Crippen molar-refractivity contribution in [2.45, 2.75) is 63.2 Å². The van der Waals surface area contributed by atoms with E-state index in [-0.39, 0.29) is 23.8 Å². The van der Waals surface area contributed by atoms with Gasteiger partial charge in [0.25, 0.3) is 0 Å². The zero-order valence-electron chi connectivity index (χ0n) is 34.1. The van der Waals surface area contributed by atoms with E-state index in [1.54, 1.807) is 0 Å². The van der Waals surface area contributed by atoms with E-state index in [2.05, 4.69) is 138 Å². The standard InChI is InChI=1S/C46H66N12/c47-43(57-45(49)55-35-27-41(37-19-7-3-8-20-37)38-21-9-4-10-22-38)53-33-17-31-51-29-15-1-2-16-30-52-32-18-34-54-44(48)58-46(50)56-36-28-42(39-23-11-5-12-24-39)40-25-13-6-14-26-40/h3-14,19-26,41-42,51-52H,1-2,15-18,27-36H2,(H5,47,49,53,55,57)(H5,48,50,54,56,58). The van der Waals surface area contributed by atoms with Gasteiger partial charge in [-0.25, -0.2) is 0 Å². The maximum absolute atomic E-state index is 6.10. The largest absolute Gasteiger partial charge is 0.370 e. The van der Waals surface area contributed by atoms with Crippen molar-refractivity contribution < 1.29 is 0 Å². The minimum Gasteiger partial charge on any atom is -0.370 e. The van der Waals surface area contributed by atoms with Crippen molar-refractivity contribution in [2.24, 2.45) is 42.9 Å². The topological polar surface area (TPSA) is 202 Å². The third-order valence-electron chi connectivity index (χ3n) is 9.76. The molecule has 58 heavy (non-hydrogen) atoms. The van der Waals surface area contributed by atoms with Crippen molar-refractivity contribution >= 4 is 23.8 Å². The number of benzene rings is 4. The van der Waals surface area contributed by atoms with E-state index in [4.69, 9.17) is 22.9 Å². The van der Waals surface area contributed by atoms with Gasteiger partial charge >= 0.3 is 0 Å². The maximum atomic E-state index is 6.10. The molecule has 0 saturated carbocycles. The Bertz CT molecular complexity index is 1570. The molecule has 12 nitrogen and oxygen atoms in total. The molecular weight excluding hydrogens is 721 g/mol. The Morgan fingerprint density at radius 2 is 0.638 bits per heavy atom. The Hall–Kier alpha value is -5.72. The Morgan fingerprint density at radius 3 is 0.948 bits per heavy atom. The summed E-state index contributed by atoms with van der Waals surface area (Å²) in [6.07, 6.45) is 8.19. The molecule has 0 atom stereocenters. The molecule has 0 aliphatic rings. The highest BCUT2D eigenvalue weighted by Crippen LogP contribution is 2.28. The fourth-order valence-corrected chi connectivity index (χ4v) is 6.75. The first-order valence-corrected chi connectivity index (χ1v) is 20.8. The Balaban J connectivity index is 0.952. The summed E-state index contributed by atoms with van der Waals surface area (Å²) in [7, 11) is 0. The van der Waals surface area contributed by atoms with E-state index in [1.807, 2.05) is 24.3 Å². The maximum Gasteiger partial charge on any atom is 0.195 e. The van der Waals surface area contributed by atoms with Gasteiger partial charge in [-0.1, -0.05) is 134 Å². The third kappa shape index (κ3) is 18.5. The molecule has 12 heteroatoms. The molecule has 0 amide bonds. The van der Waals surface area contributed by atoms with Crippen LogP contribution in [-0.4, -0.2) is 76.2 Å². The van der Waals surface area contributed by atoms with Crippen LogP contribution in [0.5, 0.6) is 0 Å². The van der Waals surface area contributed by atoms with Crippen molar-refractivity contribution in [1.82, 2.24) is 21.3 Å². The SMILES string of the molecule is NC(=NCCCNCCCCCCNCCCN=C(N)NC(N)=NCCC(c1ccccc1)c1ccccc1)NC(N)=NCCC(c1ccccc1)c1ccccc1. The molecule has 12 N–H and O–H groups in total. The van der Waals surface area contributed by atoms with Gasteiger partial charge in [-0.2, -0.15) is 0 Å². The fraction of sp³-hybridized carbons (Fsp3) is 0.391. The zero-order chi connectivity index (χ0) is 40.9. The molecule has 4 rings (SSSR count). The molecule has 0 spiro atoms. The second-order valence-corrected chi connectivity index (χ2v) is 14.3. The van der Waals surface area contributed by atoms with Gasteiger partial charge in [-0.05, 0) is 87.0 Å². The smallest absolute Gasteiger partial charge is 0.195 e. The lowest BCUT2D eigenvalue weighted by atomic mass is 9.89. The lowest BCUT2D eigenvalue weighted by molar-refractivity contribution is 0.556. The Morgan fingerprint density at radius 1 is 0.362 bits per heavy atom. The highest BCUT2D eigenvalue weighted by Gasteiger charge is 2.14. The van der Waals surface area contributed by atoms with Crippen LogP contribution < -0.4 is 44.2 Å².